The normalized spacial score (nSPS) is 14.1. The molecule has 0 aliphatic heterocycles. The van der Waals surface area contributed by atoms with Gasteiger partial charge in [0.05, 0.1) is 12.7 Å². The zero-order valence-electron chi connectivity index (χ0n) is 31.3. The first-order valence-corrected chi connectivity index (χ1v) is 20.5. The van der Waals surface area contributed by atoms with Crippen molar-refractivity contribution >= 4 is 19.8 Å². The molecule has 0 aliphatic carbocycles. The van der Waals surface area contributed by atoms with Gasteiger partial charge in [-0.25, -0.2) is 4.57 Å². The Balaban J connectivity index is 4.27. The number of ether oxygens (including phenoxy) is 2. The molecule has 9 nitrogen and oxygen atoms in total. The first kappa shape index (κ1) is 48.2. The van der Waals surface area contributed by atoms with Gasteiger partial charge < -0.3 is 24.4 Å². The molecule has 0 rings (SSSR count). The van der Waals surface area contributed by atoms with E-state index in [0.717, 1.165) is 70.6 Å². The van der Waals surface area contributed by atoms with Crippen LogP contribution in [-0.4, -0.2) is 52.3 Å². The molecule has 0 spiro atoms. The summed E-state index contributed by atoms with van der Waals surface area (Å²) in [6.07, 6.45) is 43.5. The highest BCUT2D eigenvalue weighted by Crippen LogP contribution is 2.35. The van der Waals surface area contributed by atoms with Crippen LogP contribution in [0.25, 0.3) is 0 Å². The second kappa shape index (κ2) is 35.6. The van der Waals surface area contributed by atoms with Gasteiger partial charge in [0.25, 0.3) is 0 Å². The van der Waals surface area contributed by atoms with Crippen LogP contribution in [0.4, 0.5) is 0 Å². The molecule has 0 fully saturated rings. The SMILES string of the molecule is CC/C=C\C/C=C\C/C=C\C/C=C\C/C=C\C=C/C(O)CCC(=O)O[C@H](COC(=O)CCCCCCC/C=C\CCCCCC)COP(=O)(O)O. The molecular weight excluding hydrogens is 667 g/mol. The predicted octanol–water partition coefficient (Wildman–Crippen LogP) is 10.3. The largest absolute Gasteiger partial charge is 0.469 e. The number of allylic oxidation sites excluding steroid dienone is 13. The molecule has 0 aromatic rings. The Bertz CT molecular complexity index is 1110. The fraction of sp³-hybridized carbons (Fsp3) is 0.610. The lowest BCUT2D eigenvalue weighted by Gasteiger charge is -2.18. The summed E-state index contributed by atoms with van der Waals surface area (Å²) in [6.45, 7) is 3.32. The first-order valence-electron chi connectivity index (χ1n) is 19.0. The fourth-order valence-corrected chi connectivity index (χ4v) is 5.01. The van der Waals surface area contributed by atoms with Crippen LogP contribution in [0.5, 0.6) is 0 Å². The summed E-state index contributed by atoms with van der Waals surface area (Å²) in [5, 5.41) is 10.2. The summed E-state index contributed by atoms with van der Waals surface area (Å²) in [4.78, 5) is 42.7. The van der Waals surface area contributed by atoms with E-state index < -0.39 is 38.6 Å². The summed E-state index contributed by atoms with van der Waals surface area (Å²) >= 11 is 0. The highest BCUT2D eigenvalue weighted by atomic mass is 31.2. The van der Waals surface area contributed by atoms with Crippen LogP contribution in [0, 0.1) is 0 Å². The zero-order chi connectivity index (χ0) is 37.7. The van der Waals surface area contributed by atoms with Crippen molar-refractivity contribution in [3.05, 3.63) is 85.1 Å². The molecule has 0 aromatic heterocycles. The van der Waals surface area contributed by atoms with E-state index in [1.54, 1.807) is 12.2 Å². The minimum atomic E-state index is -4.82. The maximum Gasteiger partial charge on any atom is 0.469 e. The minimum Gasteiger partial charge on any atom is -0.462 e. The van der Waals surface area contributed by atoms with Gasteiger partial charge in [0.1, 0.15) is 6.61 Å². The van der Waals surface area contributed by atoms with E-state index in [1.807, 2.05) is 12.2 Å². The number of aliphatic hydroxyl groups is 1. The Hall–Kier alpha value is -2.81. The Morgan fingerprint density at radius 2 is 1.18 bits per heavy atom. The zero-order valence-corrected chi connectivity index (χ0v) is 32.2. The van der Waals surface area contributed by atoms with E-state index >= 15 is 0 Å². The average molecular weight is 735 g/mol. The maximum atomic E-state index is 12.4. The molecule has 0 saturated heterocycles. The molecule has 3 N–H and O–H groups in total. The van der Waals surface area contributed by atoms with Gasteiger partial charge in [0, 0.05) is 12.8 Å². The monoisotopic (exact) mass is 734 g/mol. The van der Waals surface area contributed by atoms with Crippen molar-refractivity contribution in [2.24, 2.45) is 0 Å². The molecule has 0 saturated carbocycles. The second-order valence-corrected chi connectivity index (χ2v) is 13.6. The van der Waals surface area contributed by atoms with Crippen molar-refractivity contribution in [2.45, 2.75) is 148 Å². The standard InChI is InChI=1S/C41H67O9P/c1-3-5-7-9-11-13-15-17-18-19-21-22-24-26-28-30-32-38(42)34-35-41(44)50-39(37-49-51(45,46)47)36-48-40(43)33-31-29-27-25-23-20-16-14-12-10-8-6-4-2/h5,7,11,13-14,16-18,21-22,26,28,30,32,38-39,42H,3-4,6,8-10,12,15,19-20,23-25,27,29,31,33-37H2,1-2H3,(H2,45,46,47)/b7-5-,13-11-,16-14-,18-17-,22-21-,28-26-,32-30-/t38?,39-/m1/s1. The number of hydrogen-bond donors (Lipinski definition) is 3. The van der Waals surface area contributed by atoms with Crippen molar-refractivity contribution in [1.82, 2.24) is 0 Å². The average Bonchev–Trinajstić information content (AvgIpc) is 3.10. The van der Waals surface area contributed by atoms with Gasteiger partial charge >= 0.3 is 19.8 Å². The molecule has 51 heavy (non-hydrogen) atoms. The lowest BCUT2D eigenvalue weighted by molar-refractivity contribution is -0.161. The van der Waals surface area contributed by atoms with Crippen molar-refractivity contribution in [1.29, 1.82) is 0 Å². The summed E-state index contributed by atoms with van der Waals surface area (Å²) in [6, 6.07) is 0. The third-order valence-electron chi connectivity index (χ3n) is 7.52. The van der Waals surface area contributed by atoms with Gasteiger partial charge in [-0.1, -0.05) is 137 Å². The van der Waals surface area contributed by atoms with Gasteiger partial charge in [-0.05, 0) is 70.6 Å². The van der Waals surface area contributed by atoms with E-state index in [9.17, 15) is 19.3 Å². The molecular formula is C41H67O9P. The van der Waals surface area contributed by atoms with Crippen LogP contribution >= 0.6 is 7.82 Å². The summed E-state index contributed by atoms with van der Waals surface area (Å²) < 4.78 is 26.1. The molecule has 0 aromatic carbocycles. The smallest absolute Gasteiger partial charge is 0.462 e. The van der Waals surface area contributed by atoms with Crippen molar-refractivity contribution < 1.29 is 43.0 Å². The van der Waals surface area contributed by atoms with Crippen LogP contribution in [0.1, 0.15) is 136 Å². The minimum absolute atomic E-state index is 0.0846. The Kier molecular flexibility index (Phi) is 33.6. The Morgan fingerprint density at radius 1 is 0.627 bits per heavy atom. The van der Waals surface area contributed by atoms with E-state index in [0.29, 0.717) is 6.42 Å². The number of esters is 2. The predicted molar refractivity (Wildman–Crippen MR) is 208 cm³/mol. The lowest BCUT2D eigenvalue weighted by atomic mass is 10.1. The van der Waals surface area contributed by atoms with Crippen LogP contribution in [-0.2, 0) is 28.2 Å². The topological polar surface area (TPSA) is 140 Å². The summed E-state index contributed by atoms with van der Waals surface area (Å²) in [5.74, 6) is -1.19. The quantitative estimate of drug-likeness (QED) is 0.0198. The number of carbonyl (C=O) groups is 2. The van der Waals surface area contributed by atoms with Gasteiger partial charge in [0.2, 0.25) is 0 Å². The van der Waals surface area contributed by atoms with E-state index in [1.165, 1.54) is 25.7 Å². The van der Waals surface area contributed by atoms with Crippen molar-refractivity contribution in [3.63, 3.8) is 0 Å². The number of aliphatic hydroxyl groups excluding tert-OH is 1. The number of rotatable bonds is 33. The number of hydrogen-bond acceptors (Lipinski definition) is 7. The van der Waals surface area contributed by atoms with Crippen LogP contribution in [0.2, 0.25) is 0 Å². The van der Waals surface area contributed by atoms with E-state index in [4.69, 9.17) is 19.3 Å². The Labute approximate surface area is 308 Å². The number of unbranched alkanes of at least 4 members (excludes halogenated alkanes) is 9. The summed E-state index contributed by atoms with van der Waals surface area (Å²) in [5.41, 5.74) is 0. The molecule has 2 atom stereocenters. The molecule has 0 aliphatic rings. The molecule has 0 amide bonds. The van der Waals surface area contributed by atoms with Crippen LogP contribution in [0.15, 0.2) is 85.1 Å². The summed E-state index contributed by atoms with van der Waals surface area (Å²) in [7, 11) is -4.82. The van der Waals surface area contributed by atoms with Gasteiger partial charge in [-0.15, -0.1) is 0 Å². The third-order valence-corrected chi connectivity index (χ3v) is 8.00. The van der Waals surface area contributed by atoms with Crippen LogP contribution < -0.4 is 0 Å². The Morgan fingerprint density at radius 3 is 1.76 bits per heavy atom. The molecule has 0 heterocycles. The number of phosphoric acid groups is 1. The second-order valence-electron chi connectivity index (χ2n) is 12.4. The fourth-order valence-electron chi connectivity index (χ4n) is 4.65. The lowest BCUT2D eigenvalue weighted by Crippen LogP contribution is -2.29. The first-order chi connectivity index (χ1) is 24.7. The number of phosphoric ester groups is 1. The van der Waals surface area contributed by atoms with Gasteiger partial charge in [0.15, 0.2) is 6.10 Å². The maximum absolute atomic E-state index is 12.4. The van der Waals surface area contributed by atoms with E-state index in [-0.39, 0.29) is 25.9 Å². The molecule has 0 radical (unpaired) electrons. The number of carbonyl (C=O) groups excluding carboxylic acids is 2. The highest BCUT2D eigenvalue weighted by molar-refractivity contribution is 7.46. The molecule has 1 unspecified atom stereocenters. The van der Waals surface area contributed by atoms with Gasteiger partial charge in [-0.3, -0.25) is 14.1 Å². The third kappa shape index (κ3) is 38.3. The molecule has 290 valence electrons. The van der Waals surface area contributed by atoms with Crippen molar-refractivity contribution in [3.8, 4) is 0 Å². The molecule has 0 bridgehead atoms. The van der Waals surface area contributed by atoms with Crippen LogP contribution in [0.3, 0.4) is 0 Å². The van der Waals surface area contributed by atoms with Gasteiger partial charge in [-0.2, -0.15) is 0 Å². The molecule has 10 heteroatoms. The van der Waals surface area contributed by atoms with E-state index in [2.05, 4.69) is 79.1 Å². The van der Waals surface area contributed by atoms with Crippen molar-refractivity contribution in [2.75, 3.05) is 13.2 Å². The highest BCUT2D eigenvalue weighted by Gasteiger charge is 2.23.